The Morgan fingerprint density at radius 3 is 2.23 bits per heavy atom. The number of amides is 1. The van der Waals surface area contributed by atoms with Crippen LogP contribution in [0.5, 0.6) is 5.75 Å². The van der Waals surface area contributed by atoms with Crippen molar-refractivity contribution in [3.8, 4) is 5.75 Å². The molecule has 0 bridgehead atoms. The molecule has 0 aliphatic carbocycles. The van der Waals surface area contributed by atoms with E-state index < -0.39 is 35.2 Å². The van der Waals surface area contributed by atoms with E-state index in [1.165, 1.54) is 30.3 Å². The van der Waals surface area contributed by atoms with E-state index in [-0.39, 0.29) is 12.2 Å². The van der Waals surface area contributed by atoms with E-state index in [1.807, 2.05) is 0 Å². The number of rotatable bonds is 5. The Morgan fingerprint density at radius 1 is 1.09 bits per heavy atom. The monoisotopic (exact) mass is 309 g/mol. The van der Waals surface area contributed by atoms with Gasteiger partial charge in [-0.25, -0.2) is 13.2 Å². The maximum absolute atomic E-state index is 13.5. The second kappa shape index (κ2) is 6.98. The fourth-order valence-electron chi connectivity index (χ4n) is 1.82. The summed E-state index contributed by atoms with van der Waals surface area (Å²) in [6, 6.07) is 8.41. The Hall–Kier alpha value is -2.50. The Balaban J connectivity index is 2.10. The molecule has 3 nitrogen and oxygen atoms in total. The van der Waals surface area contributed by atoms with Crippen molar-refractivity contribution in [2.75, 3.05) is 5.32 Å². The van der Waals surface area contributed by atoms with Gasteiger partial charge in [0.2, 0.25) is 0 Å². The SMILES string of the molecule is CC[C@@H](Oc1ccc(F)cc1)C(=O)Nc1c(F)cccc1F. The highest BCUT2D eigenvalue weighted by atomic mass is 19.1. The van der Waals surface area contributed by atoms with E-state index in [0.29, 0.717) is 0 Å². The summed E-state index contributed by atoms with van der Waals surface area (Å²) >= 11 is 0. The predicted molar refractivity (Wildman–Crippen MR) is 76.1 cm³/mol. The lowest BCUT2D eigenvalue weighted by Gasteiger charge is -2.17. The van der Waals surface area contributed by atoms with Crippen LogP contribution in [-0.2, 0) is 4.79 Å². The number of benzene rings is 2. The Labute approximate surface area is 125 Å². The summed E-state index contributed by atoms with van der Waals surface area (Å²) in [7, 11) is 0. The minimum absolute atomic E-state index is 0.277. The highest BCUT2D eigenvalue weighted by Gasteiger charge is 2.21. The topological polar surface area (TPSA) is 38.3 Å². The lowest BCUT2D eigenvalue weighted by atomic mass is 10.2. The summed E-state index contributed by atoms with van der Waals surface area (Å²) in [4.78, 5) is 12.1. The molecule has 2 aromatic carbocycles. The Morgan fingerprint density at radius 2 is 1.68 bits per heavy atom. The van der Waals surface area contributed by atoms with Crippen LogP contribution in [0.3, 0.4) is 0 Å². The van der Waals surface area contributed by atoms with Crippen molar-refractivity contribution in [2.45, 2.75) is 19.4 Å². The predicted octanol–water partition coefficient (Wildman–Crippen LogP) is 3.90. The second-order valence-electron chi connectivity index (χ2n) is 4.55. The van der Waals surface area contributed by atoms with Gasteiger partial charge in [0, 0.05) is 0 Å². The molecule has 116 valence electrons. The lowest BCUT2D eigenvalue weighted by Crippen LogP contribution is -2.33. The van der Waals surface area contributed by atoms with Crippen LogP contribution in [0, 0.1) is 17.5 Å². The molecule has 2 aromatic rings. The van der Waals surface area contributed by atoms with Crippen molar-refractivity contribution in [3.05, 3.63) is 59.9 Å². The van der Waals surface area contributed by atoms with E-state index in [0.717, 1.165) is 12.1 Å². The second-order valence-corrected chi connectivity index (χ2v) is 4.55. The molecule has 0 aliphatic rings. The minimum Gasteiger partial charge on any atom is -0.481 e. The molecular weight excluding hydrogens is 295 g/mol. The van der Waals surface area contributed by atoms with Gasteiger partial charge in [0.05, 0.1) is 0 Å². The van der Waals surface area contributed by atoms with Crippen LogP contribution in [0.1, 0.15) is 13.3 Å². The van der Waals surface area contributed by atoms with E-state index in [4.69, 9.17) is 4.74 Å². The highest BCUT2D eigenvalue weighted by Crippen LogP contribution is 2.20. The highest BCUT2D eigenvalue weighted by molar-refractivity contribution is 5.94. The van der Waals surface area contributed by atoms with E-state index in [2.05, 4.69) is 5.32 Å². The van der Waals surface area contributed by atoms with Crippen LogP contribution < -0.4 is 10.1 Å². The number of anilines is 1. The molecule has 0 spiro atoms. The van der Waals surface area contributed by atoms with Crippen LogP contribution in [0.15, 0.2) is 42.5 Å². The zero-order chi connectivity index (χ0) is 16.1. The van der Waals surface area contributed by atoms with Crippen LogP contribution in [0.25, 0.3) is 0 Å². The van der Waals surface area contributed by atoms with Crippen LogP contribution >= 0.6 is 0 Å². The van der Waals surface area contributed by atoms with Gasteiger partial charge in [-0.15, -0.1) is 0 Å². The zero-order valence-corrected chi connectivity index (χ0v) is 11.8. The fraction of sp³-hybridized carbons (Fsp3) is 0.188. The number of nitrogens with one attached hydrogen (secondary N) is 1. The molecule has 2 rings (SSSR count). The summed E-state index contributed by atoms with van der Waals surface area (Å²) in [6.45, 7) is 1.69. The number of para-hydroxylation sites is 1. The van der Waals surface area contributed by atoms with Gasteiger partial charge >= 0.3 is 0 Å². The molecule has 6 heteroatoms. The van der Waals surface area contributed by atoms with Gasteiger partial charge in [-0.1, -0.05) is 13.0 Å². The molecule has 22 heavy (non-hydrogen) atoms. The molecule has 0 unspecified atom stereocenters. The van der Waals surface area contributed by atoms with Crippen LogP contribution in [0.4, 0.5) is 18.9 Å². The molecule has 1 atom stereocenters. The summed E-state index contributed by atoms with van der Waals surface area (Å²) < 4.78 is 45.3. The molecule has 1 N–H and O–H groups in total. The third kappa shape index (κ3) is 3.78. The fourth-order valence-corrected chi connectivity index (χ4v) is 1.82. The first-order valence-electron chi connectivity index (χ1n) is 6.68. The van der Waals surface area contributed by atoms with E-state index in [1.54, 1.807) is 6.92 Å². The first-order chi connectivity index (χ1) is 10.5. The Bertz CT molecular complexity index is 639. The standard InChI is InChI=1S/C16H14F3NO2/c1-2-14(22-11-8-6-10(17)7-9-11)16(21)20-15-12(18)4-3-5-13(15)19/h3-9,14H,2H2,1H3,(H,20,21)/t14-/m1/s1. The van der Waals surface area contributed by atoms with Gasteiger partial charge in [-0.2, -0.15) is 0 Å². The molecule has 0 saturated carbocycles. The van der Waals surface area contributed by atoms with Crippen LogP contribution in [0.2, 0.25) is 0 Å². The first-order valence-corrected chi connectivity index (χ1v) is 6.68. The summed E-state index contributed by atoms with van der Waals surface area (Å²) in [6.07, 6.45) is -0.677. The first kappa shape index (κ1) is 15.9. The maximum atomic E-state index is 13.5. The molecule has 0 aliphatic heterocycles. The van der Waals surface area contributed by atoms with Crippen molar-refractivity contribution >= 4 is 11.6 Å². The van der Waals surface area contributed by atoms with Gasteiger partial charge in [-0.3, -0.25) is 4.79 Å². The maximum Gasteiger partial charge on any atom is 0.265 e. The van der Waals surface area contributed by atoms with Crippen molar-refractivity contribution in [1.82, 2.24) is 0 Å². The number of ether oxygens (including phenoxy) is 1. The summed E-state index contributed by atoms with van der Waals surface area (Å²) in [5.74, 6) is -2.57. The number of carbonyl (C=O) groups excluding carboxylic acids is 1. The molecule has 0 fully saturated rings. The molecule has 0 aromatic heterocycles. The van der Waals surface area contributed by atoms with Gasteiger partial charge in [-0.05, 0) is 42.8 Å². The van der Waals surface area contributed by atoms with Crippen LogP contribution in [-0.4, -0.2) is 12.0 Å². The number of halogens is 3. The quantitative estimate of drug-likeness (QED) is 0.909. The van der Waals surface area contributed by atoms with Gasteiger partial charge < -0.3 is 10.1 Å². The summed E-state index contributed by atoms with van der Waals surface area (Å²) in [5.41, 5.74) is -0.520. The zero-order valence-electron chi connectivity index (χ0n) is 11.8. The molecule has 0 heterocycles. The largest absolute Gasteiger partial charge is 0.481 e. The summed E-state index contributed by atoms with van der Waals surface area (Å²) in [5, 5.41) is 2.17. The van der Waals surface area contributed by atoms with Gasteiger partial charge in [0.1, 0.15) is 28.9 Å². The van der Waals surface area contributed by atoms with Crippen molar-refractivity contribution < 1.29 is 22.7 Å². The number of hydrogen-bond donors (Lipinski definition) is 1. The average Bonchev–Trinajstić information content (AvgIpc) is 2.50. The molecule has 1 amide bonds. The third-order valence-electron chi connectivity index (χ3n) is 2.97. The van der Waals surface area contributed by atoms with Gasteiger partial charge in [0.25, 0.3) is 5.91 Å². The van der Waals surface area contributed by atoms with Crippen molar-refractivity contribution in [2.24, 2.45) is 0 Å². The minimum atomic E-state index is -0.954. The van der Waals surface area contributed by atoms with Gasteiger partial charge in [0.15, 0.2) is 6.10 Å². The van der Waals surface area contributed by atoms with E-state index >= 15 is 0 Å². The van der Waals surface area contributed by atoms with Crippen molar-refractivity contribution in [1.29, 1.82) is 0 Å². The van der Waals surface area contributed by atoms with E-state index in [9.17, 15) is 18.0 Å². The average molecular weight is 309 g/mol. The molecule has 0 saturated heterocycles. The Kier molecular flexibility index (Phi) is 5.04. The smallest absolute Gasteiger partial charge is 0.265 e. The molecular formula is C16H14F3NO2. The number of hydrogen-bond acceptors (Lipinski definition) is 2. The lowest BCUT2D eigenvalue weighted by molar-refractivity contribution is -0.122. The normalized spacial score (nSPS) is 11.8. The third-order valence-corrected chi connectivity index (χ3v) is 2.97. The number of carbonyl (C=O) groups is 1. The van der Waals surface area contributed by atoms with Crippen molar-refractivity contribution in [3.63, 3.8) is 0 Å². The molecule has 0 radical (unpaired) electrons.